The standard InChI is InChI=1S/C50H44F3N3O/c51-50(52,53)47(57)36-16-14-33(15-17-36)34-18-25-39(26-19-34)56-45-27-22-37(32-42(45)46-48(56)54-31-30-49(46)28-8-2-1-3-9-29-49)35-20-23-38(24-21-35)55-43-12-6-4-10-40(43)41-11-5-7-13-44(41)55/h4-7,10-27,32,46,48,54H,1-3,8-9,28-31H2. The fourth-order valence-corrected chi connectivity index (χ4v) is 10.4. The molecular weight excluding hydrogens is 716 g/mol. The van der Waals surface area contributed by atoms with Crippen molar-refractivity contribution in [3.05, 3.63) is 151 Å². The number of nitrogens with zero attached hydrogens (tertiary/aromatic N) is 2. The largest absolute Gasteiger partial charge is 0.454 e. The summed E-state index contributed by atoms with van der Waals surface area (Å²) < 4.78 is 41.4. The van der Waals surface area contributed by atoms with Crippen molar-refractivity contribution in [2.75, 3.05) is 11.4 Å². The lowest BCUT2D eigenvalue weighted by Crippen LogP contribution is -2.54. The van der Waals surface area contributed by atoms with Crippen LogP contribution in [0.2, 0.25) is 0 Å². The lowest BCUT2D eigenvalue weighted by atomic mass is 9.61. The van der Waals surface area contributed by atoms with Crippen LogP contribution < -0.4 is 10.2 Å². The number of Topliss-reactive ketones (excluding diaryl/α,β-unsaturated/α-hetero) is 1. The molecule has 1 spiro atoms. The molecule has 6 aromatic carbocycles. The average Bonchev–Trinajstić information content (AvgIpc) is 3.75. The third kappa shape index (κ3) is 6.15. The number of carbonyl (C=O) groups is 1. The molecule has 3 aliphatic rings. The van der Waals surface area contributed by atoms with Gasteiger partial charge in [0.05, 0.1) is 17.2 Å². The van der Waals surface area contributed by atoms with Gasteiger partial charge in [0.2, 0.25) is 0 Å². The summed E-state index contributed by atoms with van der Waals surface area (Å²) in [6.07, 6.45) is 5.34. The number of benzene rings is 6. The molecule has 286 valence electrons. The first-order valence-corrected chi connectivity index (χ1v) is 20.4. The van der Waals surface area contributed by atoms with Crippen molar-refractivity contribution in [1.82, 2.24) is 9.88 Å². The minimum absolute atomic E-state index is 0.111. The van der Waals surface area contributed by atoms with Crippen LogP contribution in [-0.4, -0.2) is 29.2 Å². The quantitative estimate of drug-likeness (QED) is 0.178. The number of aromatic nitrogens is 1. The van der Waals surface area contributed by atoms with Gasteiger partial charge in [0.25, 0.3) is 5.78 Å². The van der Waals surface area contributed by atoms with Crippen molar-refractivity contribution in [3.63, 3.8) is 0 Å². The number of hydrogen-bond donors (Lipinski definition) is 1. The number of fused-ring (bicyclic) bond motifs is 7. The molecule has 3 heterocycles. The first kappa shape index (κ1) is 35.7. The molecule has 57 heavy (non-hydrogen) atoms. The summed E-state index contributed by atoms with van der Waals surface area (Å²) in [4.78, 5) is 14.3. The SMILES string of the molecule is O=C(c1ccc(-c2ccc(N3c4ccc(-c5ccc(-n6c7ccccc7c7ccccc76)cc5)cc4C4C3NCCC43CCCCCCC3)cc2)cc1)C(F)(F)F. The van der Waals surface area contributed by atoms with Crippen LogP contribution in [0.1, 0.15) is 73.2 Å². The summed E-state index contributed by atoms with van der Waals surface area (Å²) in [5.41, 5.74) is 11.2. The number of nitrogens with one attached hydrogen (secondary N) is 1. The molecule has 0 radical (unpaired) electrons. The van der Waals surface area contributed by atoms with E-state index in [9.17, 15) is 18.0 Å². The predicted octanol–water partition coefficient (Wildman–Crippen LogP) is 13.1. The van der Waals surface area contributed by atoms with Gasteiger partial charge in [-0.15, -0.1) is 0 Å². The number of anilines is 2. The number of hydrogen-bond acceptors (Lipinski definition) is 3. The van der Waals surface area contributed by atoms with Gasteiger partial charge in [-0.2, -0.15) is 13.2 Å². The van der Waals surface area contributed by atoms with Crippen LogP contribution in [-0.2, 0) is 0 Å². The number of rotatable bonds is 5. The molecule has 7 aromatic rings. The molecule has 1 aliphatic carbocycles. The zero-order valence-electron chi connectivity index (χ0n) is 31.7. The predicted molar refractivity (Wildman–Crippen MR) is 225 cm³/mol. The van der Waals surface area contributed by atoms with Crippen LogP contribution >= 0.6 is 0 Å². The number of piperidine rings is 1. The van der Waals surface area contributed by atoms with E-state index in [-0.39, 0.29) is 17.1 Å². The second-order valence-corrected chi connectivity index (χ2v) is 16.3. The van der Waals surface area contributed by atoms with Crippen molar-refractivity contribution in [2.24, 2.45) is 5.41 Å². The Morgan fingerprint density at radius 3 is 1.74 bits per heavy atom. The van der Waals surface area contributed by atoms with Gasteiger partial charge in [0.1, 0.15) is 0 Å². The number of halogens is 3. The maximum atomic E-state index is 13.0. The van der Waals surface area contributed by atoms with Crippen LogP contribution in [0.4, 0.5) is 24.5 Å². The summed E-state index contributed by atoms with van der Waals surface area (Å²) in [5, 5.41) is 6.48. The normalized spacial score (nSPS) is 19.3. The van der Waals surface area contributed by atoms with E-state index in [4.69, 9.17) is 0 Å². The first-order valence-electron chi connectivity index (χ1n) is 20.4. The van der Waals surface area contributed by atoms with Crippen LogP contribution in [0.3, 0.4) is 0 Å². The maximum Gasteiger partial charge on any atom is 0.454 e. The van der Waals surface area contributed by atoms with Gasteiger partial charge in [-0.05, 0) is 108 Å². The lowest BCUT2D eigenvalue weighted by Gasteiger charge is -2.49. The summed E-state index contributed by atoms with van der Waals surface area (Å²) in [6.45, 7) is 0.976. The van der Waals surface area contributed by atoms with Crippen LogP contribution in [0.15, 0.2) is 140 Å². The highest BCUT2D eigenvalue weighted by molar-refractivity contribution is 6.09. The van der Waals surface area contributed by atoms with Gasteiger partial charge in [-0.25, -0.2) is 0 Å². The molecule has 1 saturated heterocycles. The van der Waals surface area contributed by atoms with Crippen molar-refractivity contribution < 1.29 is 18.0 Å². The topological polar surface area (TPSA) is 37.3 Å². The van der Waals surface area contributed by atoms with Crippen molar-refractivity contribution >= 4 is 39.0 Å². The van der Waals surface area contributed by atoms with E-state index in [1.54, 1.807) is 12.1 Å². The monoisotopic (exact) mass is 759 g/mol. The molecule has 1 N–H and O–H groups in total. The highest BCUT2D eigenvalue weighted by Gasteiger charge is 2.52. The Bertz CT molecular complexity index is 2550. The minimum Gasteiger partial charge on any atom is -0.325 e. The van der Waals surface area contributed by atoms with E-state index in [0.29, 0.717) is 5.92 Å². The Morgan fingerprint density at radius 1 is 0.596 bits per heavy atom. The average molecular weight is 760 g/mol. The molecule has 0 bridgehead atoms. The van der Waals surface area contributed by atoms with Gasteiger partial charge in [0, 0.05) is 39.3 Å². The van der Waals surface area contributed by atoms with Crippen LogP contribution in [0.25, 0.3) is 49.7 Å². The molecule has 2 fully saturated rings. The van der Waals surface area contributed by atoms with Crippen molar-refractivity contribution in [1.29, 1.82) is 0 Å². The molecule has 1 aromatic heterocycles. The van der Waals surface area contributed by atoms with Crippen molar-refractivity contribution in [2.45, 2.75) is 69.6 Å². The zero-order chi connectivity index (χ0) is 38.7. The maximum absolute atomic E-state index is 13.0. The second-order valence-electron chi connectivity index (χ2n) is 16.3. The molecule has 7 heteroatoms. The molecular formula is C50H44F3N3O. The van der Waals surface area contributed by atoms with E-state index in [1.807, 2.05) is 12.1 Å². The van der Waals surface area contributed by atoms with Gasteiger partial charge >= 0.3 is 6.18 Å². The highest BCUT2D eigenvalue weighted by Crippen LogP contribution is 2.59. The van der Waals surface area contributed by atoms with E-state index in [2.05, 4.69) is 118 Å². The fraction of sp³-hybridized carbons (Fsp3) is 0.260. The summed E-state index contributed by atoms with van der Waals surface area (Å²) in [5.74, 6) is -1.50. The molecule has 2 unspecified atom stereocenters. The van der Waals surface area contributed by atoms with E-state index >= 15 is 0 Å². The molecule has 2 atom stereocenters. The molecule has 0 amide bonds. The third-order valence-corrected chi connectivity index (χ3v) is 13.1. The Morgan fingerprint density at radius 2 is 1.12 bits per heavy atom. The summed E-state index contributed by atoms with van der Waals surface area (Å²) in [6, 6.07) is 47.3. The van der Waals surface area contributed by atoms with Crippen LogP contribution in [0, 0.1) is 5.41 Å². The summed E-state index contributed by atoms with van der Waals surface area (Å²) in [7, 11) is 0. The molecule has 2 aliphatic heterocycles. The van der Waals surface area contributed by atoms with Gasteiger partial charge in [0.15, 0.2) is 0 Å². The Kier molecular flexibility index (Phi) is 8.82. The van der Waals surface area contributed by atoms with Gasteiger partial charge in [-0.1, -0.05) is 123 Å². The number of carbonyl (C=O) groups excluding carboxylic acids is 1. The van der Waals surface area contributed by atoms with Gasteiger partial charge in [-0.3, -0.25) is 10.1 Å². The summed E-state index contributed by atoms with van der Waals surface area (Å²) >= 11 is 0. The smallest absolute Gasteiger partial charge is 0.325 e. The highest BCUT2D eigenvalue weighted by atomic mass is 19.4. The first-order chi connectivity index (χ1) is 27.8. The zero-order valence-corrected chi connectivity index (χ0v) is 31.7. The Labute approximate surface area is 331 Å². The number of para-hydroxylation sites is 2. The molecule has 10 rings (SSSR count). The molecule has 4 nitrogen and oxygen atoms in total. The van der Waals surface area contributed by atoms with E-state index in [1.165, 1.54) is 108 Å². The van der Waals surface area contributed by atoms with E-state index in [0.717, 1.165) is 29.0 Å². The minimum atomic E-state index is -4.89. The lowest BCUT2D eigenvalue weighted by molar-refractivity contribution is -0.0885. The third-order valence-electron chi connectivity index (χ3n) is 13.1. The van der Waals surface area contributed by atoms with E-state index < -0.39 is 12.0 Å². The van der Waals surface area contributed by atoms with Gasteiger partial charge < -0.3 is 9.47 Å². The fourth-order valence-electron chi connectivity index (χ4n) is 10.4. The Balaban J connectivity index is 1.02. The molecule has 1 saturated carbocycles. The second kappa shape index (κ2) is 14.1. The number of alkyl halides is 3. The Hall–Kier alpha value is -5.66. The number of ketones is 1. The van der Waals surface area contributed by atoms with Crippen LogP contribution in [0.5, 0.6) is 0 Å². The van der Waals surface area contributed by atoms with Crippen molar-refractivity contribution in [3.8, 4) is 27.9 Å².